The molecule has 0 spiro atoms. The minimum atomic E-state index is -0.170. The molecule has 3 rings (SSSR count). The molecule has 6 heteroatoms. The number of aryl methyl sites for hydroxylation is 1. The van der Waals surface area contributed by atoms with E-state index in [1.54, 1.807) is 0 Å². The topological polar surface area (TPSA) is 60.5 Å². The van der Waals surface area contributed by atoms with Gasteiger partial charge in [-0.3, -0.25) is 0 Å². The SMILES string of the molecule is Cc1ccccc1CNC(=O)NCc1ccc(N2CCN(C)CC2)nc1. The van der Waals surface area contributed by atoms with Gasteiger partial charge >= 0.3 is 6.03 Å². The van der Waals surface area contributed by atoms with E-state index in [0.717, 1.165) is 43.1 Å². The van der Waals surface area contributed by atoms with Gasteiger partial charge in [-0.1, -0.05) is 30.3 Å². The molecule has 0 radical (unpaired) electrons. The summed E-state index contributed by atoms with van der Waals surface area (Å²) in [6.07, 6.45) is 1.84. The summed E-state index contributed by atoms with van der Waals surface area (Å²) in [6, 6.07) is 11.9. The summed E-state index contributed by atoms with van der Waals surface area (Å²) < 4.78 is 0. The zero-order valence-electron chi connectivity index (χ0n) is 15.5. The van der Waals surface area contributed by atoms with Gasteiger partial charge < -0.3 is 20.4 Å². The van der Waals surface area contributed by atoms with Crippen molar-refractivity contribution in [2.45, 2.75) is 20.0 Å². The van der Waals surface area contributed by atoms with E-state index in [0.29, 0.717) is 13.1 Å². The van der Waals surface area contributed by atoms with Crippen molar-refractivity contribution in [2.24, 2.45) is 0 Å². The Morgan fingerprint density at radius 3 is 2.46 bits per heavy atom. The lowest BCUT2D eigenvalue weighted by Crippen LogP contribution is -2.44. The molecule has 0 aliphatic carbocycles. The molecule has 138 valence electrons. The van der Waals surface area contributed by atoms with Crippen LogP contribution in [-0.4, -0.2) is 49.1 Å². The van der Waals surface area contributed by atoms with Gasteiger partial charge in [-0.15, -0.1) is 0 Å². The molecule has 1 aromatic carbocycles. The van der Waals surface area contributed by atoms with Crippen LogP contribution in [0.25, 0.3) is 0 Å². The smallest absolute Gasteiger partial charge is 0.315 e. The Balaban J connectivity index is 1.44. The van der Waals surface area contributed by atoms with Gasteiger partial charge in [-0.2, -0.15) is 0 Å². The van der Waals surface area contributed by atoms with Gasteiger partial charge in [0.2, 0.25) is 0 Å². The Morgan fingerprint density at radius 1 is 1.04 bits per heavy atom. The molecular weight excluding hydrogens is 326 g/mol. The minimum absolute atomic E-state index is 0.170. The second kappa shape index (κ2) is 8.67. The summed E-state index contributed by atoms with van der Waals surface area (Å²) in [7, 11) is 2.14. The highest BCUT2D eigenvalue weighted by molar-refractivity contribution is 5.73. The highest BCUT2D eigenvalue weighted by Gasteiger charge is 2.14. The third-order valence-electron chi connectivity index (χ3n) is 4.79. The van der Waals surface area contributed by atoms with Gasteiger partial charge in [0, 0.05) is 45.5 Å². The molecule has 1 aliphatic heterocycles. The first-order valence-corrected chi connectivity index (χ1v) is 9.06. The lowest BCUT2D eigenvalue weighted by molar-refractivity contribution is 0.240. The fourth-order valence-electron chi connectivity index (χ4n) is 2.97. The summed E-state index contributed by atoms with van der Waals surface area (Å²) in [5.41, 5.74) is 3.30. The summed E-state index contributed by atoms with van der Waals surface area (Å²) in [6.45, 7) is 7.17. The molecule has 2 heterocycles. The third-order valence-corrected chi connectivity index (χ3v) is 4.79. The Kier molecular flexibility index (Phi) is 6.07. The summed E-state index contributed by atoms with van der Waals surface area (Å²) in [4.78, 5) is 21.2. The van der Waals surface area contributed by atoms with Crippen molar-refractivity contribution in [3.63, 3.8) is 0 Å². The maximum absolute atomic E-state index is 12.0. The van der Waals surface area contributed by atoms with Crippen LogP contribution in [0.4, 0.5) is 10.6 Å². The molecule has 0 saturated carbocycles. The summed E-state index contributed by atoms with van der Waals surface area (Å²) >= 11 is 0. The number of aromatic nitrogens is 1. The first kappa shape index (κ1) is 18.2. The molecule has 2 amide bonds. The van der Waals surface area contributed by atoms with E-state index < -0.39 is 0 Å². The van der Waals surface area contributed by atoms with Gasteiger partial charge in [-0.25, -0.2) is 9.78 Å². The van der Waals surface area contributed by atoms with E-state index in [-0.39, 0.29) is 6.03 Å². The van der Waals surface area contributed by atoms with Crippen LogP contribution in [0.5, 0.6) is 0 Å². The zero-order valence-corrected chi connectivity index (χ0v) is 15.5. The molecule has 0 unspecified atom stereocenters. The standard InChI is InChI=1S/C20H27N5O/c1-16-5-3-4-6-18(16)15-23-20(26)22-14-17-7-8-19(21-13-17)25-11-9-24(2)10-12-25/h3-8,13H,9-12,14-15H2,1-2H3,(H2,22,23,26). The number of benzene rings is 1. The molecule has 1 aliphatic rings. The normalized spacial score (nSPS) is 14.9. The van der Waals surface area contributed by atoms with Crippen LogP contribution in [0, 0.1) is 6.92 Å². The average molecular weight is 353 g/mol. The molecule has 2 aromatic rings. The molecule has 1 saturated heterocycles. The van der Waals surface area contributed by atoms with Gasteiger partial charge in [0.1, 0.15) is 5.82 Å². The Morgan fingerprint density at radius 2 is 1.77 bits per heavy atom. The predicted octanol–water partition coefficient (Wildman–Crippen LogP) is 2.14. The Bertz CT molecular complexity index is 723. The van der Waals surface area contributed by atoms with Gasteiger partial charge in [0.15, 0.2) is 0 Å². The van der Waals surface area contributed by atoms with Crippen molar-refractivity contribution >= 4 is 11.8 Å². The molecular formula is C20H27N5O. The number of nitrogens with one attached hydrogen (secondary N) is 2. The highest BCUT2D eigenvalue weighted by atomic mass is 16.2. The van der Waals surface area contributed by atoms with Crippen LogP contribution < -0.4 is 15.5 Å². The number of hydrogen-bond acceptors (Lipinski definition) is 4. The van der Waals surface area contributed by atoms with E-state index >= 15 is 0 Å². The van der Waals surface area contributed by atoms with Crippen LogP contribution in [0.3, 0.4) is 0 Å². The number of urea groups is 1. The van der Waals surface area contributed by atoms with E-state index in [2.05, 4.69) is 32.5 Å². The number of carbonyl (C=O) groups is 1. The maximum atomic E-state index is 12.0. The molecule has 2 N–H and O–H groups in total. The third kappa shape index (κ3) is 4.95. The fraction of sp³-hybridized carbons (Fsp3) is 0.400. The molecule has 26 heavy (non-hydrogen) atoms. The molecule has 1 fully saturated rings. The van der Waals surface area contributed by atoms with Crippen molar-refractivity contribution in [2.75, 3.05) is 38.1 Å². The monoisotopic (exact) mass is 353 g/mol. The molecule has 6 nitrogen and oxygen atoms in total. The second-order valence-corrected chi connectivity index (χ2v) is 6.78. The van der Waals surface area contributed by atoms with Crippen molar-refractivity contribution in [3.8, 4) is 0 Å². The number of hydrogen-bond donors (Lipinski definition) is 2. The number of nitrogens with zero attached hydrogens (tertiary/aromatic N) is 3. The average Bonchev–Trinajstić information content (AvgIpc) is 2.67. The highest BCUT2D eigenvalue weighted by Crippen LogP contribution is 2.13. The number of rotatable bonds is 5. The molecule has 1 aromatic heterocycles. The Hall–Kier alpha value is -2.60. The minimum Gasteiger partial charge on any atom is -0.354 e. The second-order valence-electron chi connectivity index (χ2n) is 6.78. The number of anilines is 1. The van der Waals surface area contributed by atoms with Crippen molar-refractivity contribution in [3.05, 3.63) is 59.3 Å². The number of pyridine rings is 1. The van der Waals surface area contributed by atoms with Crippen LogP contribution in [0.2, 0.25) is 0 Å². The number of amides is 2. The van der Waals surface area contributed by atoms with Crippen molar-refractivity contribution in [1.29, 1.82) is 0 Å². The lowest BCUT2D eigenvalue weighted by Gasteiger charge is -2.33. The largest absolute Gasteiger partial charge is 0.354 e. The van der Waals surface area contributed by atoms with Crippen molar-refractivity contribution in [1.82, 2.24) is 20.5 Å². The quantitative estimate of drug-likeness (QED) is 0.865. The summed E-state index contributed by atoms with van der Waals surface area (Å²) in [5, 5.41) is 5.78. The van der Waals surface area contributed by atoms with Gasteiger partial charge in [0.25, 0.3) is 0 Å². The van der Waals surface area contributed by atoms with E-state index in [4.69, 9.17) is 0 Å². The Labute approximate surface area is 155 Å². The van der Waals surface area contributed by atoms with Crippen LogP contribution in [-0.2, 0) is 13.1 Å². The maximum Gasteiger partial charge on any atom is 0.315 e. The van der Waals surface area contributed by atoms with Crippen LogP contribution in [0.15, 0.2) is 42.6 Å². The van der Waals surface area contributed by atoms with Gasteiger partial charge in [-0.05, 0) is 36.7 Å². The van der Waals surface area contributed by atoms with E-state index in [1.165, 1.54) is 5.56 Å². The first-order chi connectivity index (χ1) is 12.6. The predicted molar refractivity (Wildman–Crippen MR) is 104 cm³/mol. The van der Waals surface area contributed by atoms with Crippen LogP contribution >= 0.6 is 0 Å². The number of carbonyl (C=O) groups excluding carboxylic acids is 1. The number of likely N-dealkylation sites (N-methyl/N-ethyl adjacent to an activating group) is 1. The van der Waals surface area contributed by atoms with Gasteiger partial charge in [0.05, 0.1) is 0 Å². The van der Waals surface area contributed by atoms with Crippen molar-refractivity contribution < 1.29 is 4.79 Å². The van der Waals surface area contributed by atoms with E-state index in [9.17, 15) is 4.79 Å². The fourth-order valence-corrected chi connectivity index (χ4v) is 2.97. The first-order valence-electron chi connectivity index (χ1n) is 9.06. The summed E-state index contributed by atoms with van der Waals surface area (Å²) in [5.74, 6) is 1.01. The zero-order chi connectivity index (χ0) is 18.4. The molecule has 0 atom stereocenters. The van der Waals surface area contributed by atoms with Crippen LogP contribution in [0.1, 0.15) is 16.7 Å². The molecule has 0 bridgehead atoms. The van der Waals surface area contributed by atoms with E-state index in [1.807, 2.05) is 49.5 Å². The lowest BCUT2D eigenvalue weighted by atomic mass is 10.1. The number of piperazine rings is 1.